The van der Waals surface area contributed by atoms with Crippen LogP contribution in [0.2, 0.25) is 0 Å². The van der Waals surface area contributed by atoms with Crippen molar-refractivity contribution in [3.63, 3.8) is 0 Å². The Labute approximate surface area is 131 Å². The normalized spacial score (nSPS) is 10.4. The summed E-state index contributed by atoms with van der Waals surface area (Å²) in [7, 11) is 0. The van der Waals surface area contributed by atoms with Crippen molar-refractivity contribution in [1.29, 1.82) is 0 Å². The average molecular weight is 298 g/mol. The van der Waals surface area contributed by atoms with Gasteiger partial charge in [-0.2, -0.15) is 0 Å². The number of carboxylic acids is 1. The summed E-state index contributed by atoms with van der Waals surface area (Å²) in [5.74, 6) is -0.551. The van der Waals surface area contributed by atoms with Crippen LogP contribution in [-0.4, -0.2) is 11.1 Å². The molecule has 0 unspecified atom stereocenters. The molecule has 3 nitrogen and oxygen atoms in total. The molecule has 0 fully saturated rings. The quantitative estimate of drug-likeness (QED) is 0.719. The molecule has 2 aromatic rings. The molecule has 0 aliphatic rings. The number of carboxylic acid groups (broad SMARTS) is 1. The predicted molar refractivity (Wildman–Crippen MR) is 87.4 cm³/mol. The van der Waals surface area contributed by atoms with E-state index in [1.54, 1.807) is 24.3 Å². The molecule has 0 aromatic heterocycles. The minimum Gasteiger partial charge on any atom is -0.488 e. The van der Waals surface area contributed by atoms with E-state index >= 15 is 0 Å². The number of aryl methyl sites for hydroxylation is 1. The molecule has 0 bridgehead atoms. The predicted octanol–water partition coefficient (Wildman–Crippen LogP) is 4.70. The number of hydrogen-bond acceptors (Lipinski definition) is 2. The van der Waals surface area contributed by atoms with Gasteiger partial charge in [-0.25, -0.2) is 4.79 Å². The minimum absolute atomic E-state index is 0.200. The van der Waals surface area contributed by atoms with Gasteiger partial charge in [-0.1, -0.05) is 56.2 Å². The number of carbonyl (C=O) groups is 1. The highest BCUT2D eigenvalue weighted by Gasteiger charge is 2.11. The summed E-state index contributed by atoms with van der Waals surface area (Å²) < 4.78 is 5.75. The van der Waals surface area contributed by atoms with Crippen LogP contribution in [0.25, 0.3) is 0 Å². The number of benzene rings is 2. The standard InChI is InChI=1S/C19H22O3/c1-2-3-4-9-15-10-5-6-11-16(15)14-22-18-13-8-7-12-17(18)19(20)21/h5-8,10-13H,2-4,9,14H2,1H3,(H,20,21). The van der Waals surface area contributed by atoms with E-state index in [0.29, 0.717) is 12.4 Å². The Kier molecular flexibility index (Phi) is 6.01. The van der Waals surface area contributed by atoms with Gasteiger partial charge in [-0.05, 0) is 36.1 Å². The molecule has 0 spiro atoms. The first-order chi connectivity index (χ1) is 10.7. The summed E-state index contributed by atoms with van der Waals surface area (Å²) >= 11 is 0. The van der Waals surface area contributed by atoms with Gasteiger partial charge in [-0.3, -0.25) is 0 Å². The fourth-order valence-corrected chi connectivity index (χ4v) is 2.43. The van der Waals surface area contributed by atoms with Gasteiger partial charge < -0.3 is 9.84 Å². The Morgan fingerprint density at radius 1 is 1.00 bits per heavy atom. The molecule has 0 amide bonds. The lowest BCUT2D eigenvalue weighted by Gasteiger charge is -2.12. The van der Waals surface area contributed by atoms with E-state index in [-0.39, 0.29) is 5.56 Å². The molecule has 22 heavy (non-hydrogen) atoms. The van der Waals surface area contributed by atoms with Gasteiger partial charge in [0.05, 0.1) is 0 Å². The number of rotatable bonds is 8. The summed E-state index contributed by atoms with van der Waals surface area (Å²) in [6.07, 6.45) is 4.62. The molecular weight excluding hydrogens is 276 g/mol. The van der Waals surface area contributed by atoms with Crippen LogP contribution >= 0.6 is 0 Å². The first-order valence-electron chi connectivity index (χ1n) is 7.74. The van der Waals surface area contributed by atoms with E-state index in [1.807, 2.05) is 18.2 Å². The highest BCUT2D eigenvalue weighted by atomic mass is 16.5. The van der Waals surface area contributed by atoms with Gasteiger partial charge in [0.2, 0.25) is 0 Å². The fraction of sp³-hybridized carbons (Fsp3) is 0.316. The summed E-state index contributed by atoms with van der Waals surface area (Å²) in [6, 6.07) is 14.9. The molecule has 0 radical (unpaired) electrons. The average Bonchev–Trinajstić information content (AvgIpc) is 2.54. The zero-order valence-electron chi connectivity index (χ0n) is 12.9. The van der Waals surface area contributed by atoms with Crippen molar-refractivity contribution in [2.24, 2.45) is 0 Å². The van der Waals surface area contributed by atoms with Crippen LogP contribution in [0.5, 0.6) is 5.75 Å². The van der Waals surface area contributed by atoms with Crippen LogP contribution in [0.15, 0.2) is 48.5 Å². The Balaban J connectivity index is 2.07. The van der Waals surface area contributed by atoms with Crippen molar-refractivity contribution in [2.75, 3.05) is 0 Å². The molecule has 2 rings (SSSR count). The highest BCUT2D eigenvalue weighted by Crippen LogP contribution is 2.21. The second kappa shape index (κ2) is 8.23. The number of hydrogen-bond donors (Lipinski definition) is 1. The summed E-state index contributed by atoms with van der Waals surface area (Å²) in [4.78, 5) is 11.2. The van der Waals surface area contributed by atoms with Crippen LogP contribution in [-0.2, 0) is 13.0 Å². The molecule has 0 atom stereocenters. The maximum atomic E-state index is 11.2. The largest absolute Gasteiger partial charge is 0.488 e. The Hall–Kier alpha value is -2.29. The zero-order chi connectivity index (χ0) is 15.8. The Morgan fingerprint density at radius 3 is 2.41 bits per heavy atom. The van der Waals surface area contributed by atoms with Gasteiger partial charge >= 0.3 is 5.97 Å². The van der Waals surface area contributed by atoms with Crippen molar-refractivity contribution in [2.45, 2.75) is 39.2 Å². The lowest BCUT2D eigenvalue weighted by Crippen LogP contribution is -2.05. The Morgan fingerprint density at radius 2 is 1.68 bits per heavy atom. The fourth-order valence-electron chi connectivity index (χ4n) is 2.43. The van der Waals surface area contributed by atoms with E-state index in [1.165, 1.54) is 24.8 Å². The highest BCUT2D eigenvalue weighted by molar-refractivity contribution is 5.90. The molecule has 3 heteroatoms. The van der Waals surface area contributed by atoms with Crippen molar-refractivity contribution in [3.05, 3.63) is 65.2 Å². The molecule has 0 heterocycles. The number of unbranched alkanes of at least 4 members (excludes halogenated alkanes) is 2. The molecule has 0 aliphatic carbocycles. The molecule has 2 aromatic carbocycles. The van der Waals surface area contributed by atoms with Gasteiger partial charge in [0.15, 0.2) is 0 Å². The van der Waals surface area contributed by atoms with Gasteiger partial charge in [0.1, 0.15) is 17.9 Å². The summed E-state index contributed by atoms with van der Waals surface area (Å²) in [5.41, 5.74) is 2.61. The van der Waals surface area contributed by atoms with Gasteiger partial charge in [-0.15, -0.1) is 0 Å². The van der Waals surface area contributed by atoms with E-state index in [2.05, 4.69) is 13.0 Å². The molecule has 0 saturated carbocycles. The molecule has 0 aliphatic heterocycles. The van der Waals surface area contributed by atoms with Gasteiger partial charge in [0.25, 0.3) is 0 Å². The smallest absolute Gasteiger partial charge is 0.339 e. The topological polar surface area (TPSA) is 46.5 Å². The summed E-state index contributed by atoms with van der Waals surface area (Å²) in [6.45, 7) is 2.59. The van der Waals surface area contributed by atoms with E-state index < -0.39 is 5.97 Å². The first-order valence-corrected chi connectivity index (χ1v) is 7.74. The van der Waals surface area contributed by atoms with Crippen molar-refractivity contribution < 1.29 is 14.6 Å². The third kappa shape index (κ3) is 4.35. The number of aromatic carboxylic acids is 1. The van der Waals surface area contributed by atoms with Crippen molar-refractivity contribution in [1.82, 2.24) is 0 Å². The van der Waals surface area contributed by atoms with E-state index in [0.717, 1.165) is 12.0 Å². The molecule has 0 saturated heterocycles. The second-order valence-electron chi connectivity index (χ2n) is 5.32. The number of ether oxygens (including phenoxy) is 1. The van der Waals surface area contributed by atoms with E-state index in [9.17, 15) is 9.90 Å². The second-order valence-corrected chi connectivity index (χ2v) is 5.32. The van der Waals surface area contributed by atoms with E-state index in [4.69, 9.17) is 4.74 Å². The maximum absolute atomic E-state index is 11.2. The minimum atomic E-state index is -0.966. The maximum Gasteiger partial charge on any atom is 0.339 e. The zero-order valence-corrected chi connectivity index (χ0v) is 12.9. The lowest BCUT2D eigenvalue weighted by molar-refractivity contribution is 0.0691. The summed E-state index contributed by atoms with van der Waals surface area (Å²) in [5, 5.41) is 9.18. The van der Waals surface area contributed by atoms with Crippen molar-refractivity contribution in [3.8, 4) is 5.75 Å². The number of para-hydroxylation sites is 1. The SMILES string of the molecule is CCCCCc1ccccc1COc1ccccc1C(=O)O. The third-order valence-electron chi connectivity index (χ3n) is 3.67. The van der Waals surface area contributed by atoms with Crippen LogP contribution in [0.4, 0.5) is 0 Å². The Bertz CT molecular complexity index is 620. The monoisotopic (exact) mass is 298 g/mol. The first kappa shape index (κ1) is 16.1. The van der Waals surface area contributed by atoms with Crippen molar-refractivity contribution >= 4 is 5.97 Å². The molecular formula is C19H22O3. The molecule has 1 N–H and O–H groups in total. The van der Waals surface area contributed by atoms with Crippen LogP contribution in [0.3, 0.4) is 0 Å². The third-order valence-corrected chi connectivity index (χ3v) is 3.67. The molecule has 116 valence electrons. The van der Waals surface area contributed by atoms with Gasteiger partial charge in [0, 0.05) is 0 Å². The van der Waals surface area contributed by atoms with Crippen LogP contribution in [0, 0.1) is 0 Å². The van der Waals surface area contributed by atoms with Crippen LogP contribution in [0.1, 0.15) is 47.7 Å². The lowest BCUT2D eigenvalue weighted by atomic mass is 10.0. The van der Waals surface area contributed by atoms with Crippen LogP contribution < -0.4 is 4.74 Å².